The summed E-state index contributed by atoms with van der Waals surface area (Å²) < 4.78 is 79.1. The summed E-state index contributed by atoms with van der Waals surface area (Å²) in [6, 6.07) is 1.69. The fourth-order valence-corrected chi connectivity index (χ4v) is 3.57. The summed E-state index contributed by atoms with van der Waals surface area (Å²) in [4.78, 5) is 3.25. The van der Waals surface area contributed by atoms with Gasteiger partial charge < -0.3 is 0 Å². The van der Waals surface area contributed by atoms with E-state index < -0.39 is 41.4 Å². The average molecular weight is 384 g/mol. The van der Waals surface area contributed by atoms with E-state index >= 15 is 0 Å². The van der Waals surface area contributed by atoms with Gasteiger partial charge in [-0.1, -0.05) is 0 Å². The molecule has 1 aromatic carbocycles. The van der Waals surface area contributed by atoms with E-state index in [-0.39, 0.29) is 9.64 Å². The molecule has 0 unspecified atom stereocenters. The van der Waals surface area contributed by atoms with Crippen molar-refractivity contribution in [3.8, 4) is 0 Å². The summed E-state index contributed by atoms with van der Waals surface area (Å²) in [7, 11) is 0. The van der Waals surface area contributed by atoms with Crippen LogP contribution < -0.4 is 0 Å². The molecule has 0 saturated carbocycles. The first kappa shape index (κ1) is 15.5. The van der Waals surface area contributed by atoms with E-state index in [9.17, 15) is 26.3 Å². The topological polar surface area (TPSA) is 0 Å². The molecule has 0 radical (unpaired) electrons. The van der Waals surface area contributed by atoms with E-state index in [1.165, 1.54) is 0 Å². The molecule has 0 nitrogen and oxygen atoms in total. The molecule has 0 aliphatic rings. The van der Waals surface area contributed by atoms with Crippen LogP contribution in [0.4, 0.5) is 26.3 Å². The van der Waals surface area contributed by atoms with Crippen LogP contribution >= 0.6 is 18.0 Å². The number of benzene rings is 1. The van der Waals surface area contributed by atoms with Gasteiger partial charge in [0, 0.05) is 0 Å². The Labute approximate surface area is 104 Å². The van der Waals surface area contributed by atoms with Gasteiger partial charge in [-0.25, -0.2) is 0 Å². The molecule has 0 aromatic heterocycles. The zero-order valence-electron chi connectivity index (χ0n) is 9.58. The van der Waals surface area contributed by atoms with Gasteiger partial charge >= 0.3 is 104 Å². The number of alkyl halides is 8. The van der Waals surface area contributed by atoms with Crippen LogP contribution in [0.3, 0.4) is 0 Å². The Morgan fingerprint density at radius 2 is 1.17 bits per heavy atom. The van der Waals surface area contributed by atoms with Crippen molar-refractivity contribution in [2.24, 2.45) is 0 Å². The van der Waals surface area contributed by atoms with Gasteiger partial charge in [-0.15, -0.1) is 0 Å². The van der Waals surface area contributed by atoms with Crippen molar-refractivity contribution in [3.05, 3.63) is 32.9 Å². The molecule has 0 amide bonds. The molecule has 0 atom stereocenters. The summed E-state index contributed by atoms with van der Waals surface area (Å²) in [5.74, 6) is 0. The number of hydrogen-bond acceptors (Lipinski definition) is 0. The van der Waals surface area contributed by atoms with E-state index in [0.717, 1.165) is 12.1 Å². The normalized spacial score (nSPS) is 14.7. The predicted octanol–water partition coefficient (Wildman–Crippen LogP) is 4.63. The molecule has 1 aromatic rings. The maximum absolute atomic E-state index is 12.6. The van der Waals surface area contributed by atoms with Crippen LogP contribution in [0, 0.1) is 3.57 Å². The quantitative estimate of drug-likeness (QED) is 0.377. The molecular weight excluding hydrogens is 373 g/mol. The van der Waals surface area contributed by atoms with Crippen molar-refractivity contribution in [3.63, 3.8) is 0 Å². The third-order valence-corrected chi connectivity index (χ3v) is 6.14. The fourth-order valence-electron chi connectivity index (χ4n) is 1.21. The molecule has 0 fully saturated rings. The first-order valence-electron chi connectivity index (χ1n) is 4.58. The fraction of sp³-hybridized carbons (Fsp3) is 0.364. The van der Waals surface area contributed by atoms with Gasteiger partial charge in [0.1, 0.15) is 0 Å². The van der Waals surface area contributed by atoms with Gasteiger partial charge in [0.2, 0.25) is 0 Å². The molecular formula is C11H11F6I. The standard InChI is InChI=1S/C11H11F6I/c1-18(2,3)9-5-7(10(12,13)14)4-8(6-9)11(15,16)17/h4-6H,1H2,2-3H3. The number of hydrogen-bond donors (Lipinski definition) is 0. The minimum atomic E-state index is -4.79. The second kappa shape index (κ2) is 4.50. The van der Waals surface area contributed by atoms with Crippen molar-refractivity contribution in [2.45, 2.75) is 12.4 Å². The zero-order chi connectivity index (χ0) is 14.4. The van der Waals surface area contributed by atoms with Gasteiger partial charge in [0.15, 0.2) is 0 Å². The van der Waals surface area contributed by atoms with Crippen LogP contribution in [-0.2, 0) is 12.4 Å². The summed E-state index contributed by atoms with van der Waals surface area (Å²) in [6.45, 7) is 0. The van der Waals surface area contributed by atoms with Crippen molar-refractivity contribution in [2.75, 3.05) is 9.86 Å². The first-order valence-corrected chi connectivity index (χ1v) is 11.5. The molecule has 18 heavy (non-hydrogen) atoms. The second-order valence-electron chi connectivity index (χ2n) is 4.15. The van der Waals surface area contributed by atoms with Gasteiger partial charge in [-0.2, -0.15) is 0 Å². The second-order valence-corrected chi connectivity index (χ2v) is 13.5. The molecule has 0 N–H and O–H groups in total. The van der Waals surface area contributed by atoms with E-state index in [4.69, 9.17) is 0 Å². The Bertz CT molecular complexity index is 459. The van der Waals surface area contributed by atoms with Gasteiger partial charge in [-0.05, 0) is 0 Å². The molecule has 7 heteroatoms. The third kappa shape index (κ3) is 3.69. The van der Waals surface area contributed by atoms with Crippen LogP contribution in [0.15, 0.2) is 18.2 Å². The first-order chi connectivity index (χ1) is 7.82. The van der Waals surface area contributed by atoms with Crippen molar-refractivity contribution < 1.29 is 26.3 Å². The van der Waals surface area contributed by atoms with E-state index in [1.54, 1.807) is 9.86 Å². The molecule has 1 rings (SSSR count). The molecule has 104 valence electrons. The Morgan fingerprint density at radius 1 is 0.833 bits per heavy atom. The monoisotopic (exact) mass is 384 g/mol. The van der Waals surface area contributed by atoms with Gasteiger partial charge in [-0.3, -0.25) is 0 Å². The Morgan fingerprint density at radius 3 is 1.39 bits per heavy atom. The van der Waals surface area contributed by atoms with E-state index in [1.807, 2.05) is 0 Å². The van der Waals surface area contributed by atoms with E-state index in [0.29, 0.717) is 0 Å². The summed E-state index contributed by atoms with van der Waals surface area (Å²) in [6.07, 6.45) is -9.58. The zero-order valence-corrected chi connectivity index (χ0v) is 11.7. The van der Waals surface area contributed by atoms with Crippen LogP contribution in [-0.4, -0.2) is 14.4 Å². The van der Waals surface area contributed by atoms with Crippen LogP contribution in [0.25, 0.3) is 0 Å². The van der Waals surface area contributed by atoms with Gasteiger partial charge in [0.25, 0.3) is 0 Å². The Balaban J connectivity index is 3.54. The maximum atomic E-state index is 12.6. The Kier molecular flexibility index (Phi) is 3.86. The van der Waals surface area contributed by atoms with Crippen LogP contribution in [0.2, 0.25) is 0 Å². The number of halogens is 7. The summed E-state index contributed by atoms with van der Waals surface area (Å²) in [5, 5.41) is 0. The van der Waals surface area contributed by atoms with Crippen molar-refractivity contribution >= 4 is 22.5 Å². The molecule has 0 heterocycles. The molecule has 0 aliphatic carbocycles. The van der Waals surface area contributed by atoms with Crippen molar-refractivity contribution in [1.82, 2.24) is 0 Å². The Hall–Kier alpha value is -0.600. The number of rotatable bonds is 1. The van der Waals surface area contributed by atoms with Gasteiger partial charge in [0.05, 0.1) is 0 Å². The van der Waals surface area contributed by atoms with Crippen molar-refractivity contribution in [1.29, 1.82) is 0 Å². The van der Waals surface area contributed by atoms with Crippen LogP contribution in [0.5, 0.6) is 0 Å². The molecule has 0 bridgehead atoms. The molecule has 0 spiro atoms. The molecule has 0 aliphatic heterocycles. The minimum absolute atomic E-state index is 0.0732. The SMILES string of the molecule is C=I(C)(C)c1cc(C(F)(F)F)cc(C(F)(F)F)c1. The molecule has 0 saturated heterocycles. The average Bonchev–Trinajstić information content (AvgIpc) is 2.13. The predicted molar refractivity (Wildman–Crippen MR) is 68.1 cm³/mol. The van der Waals surface area contributed by atoms with E-state index in [2.05, 4.69) is 4.51 Å². The van der Waals surface area contributed by atoms with Crippen LogP contribution in [0.1, 0.15) is 11.1 Å². The summed E-state index contributed by atoms with van der Waals surface area (Å²) in [5.41, 5.74) is -2.54. The summed E-state index contributed by atoms with van der Waals surface area (Å²) >= 11 is -2.94. The third-order valence-electron chi connectivity index (χ3n) is 2.14.